The average Bonchev–Trinajstić information content (AvgIpc) is 2.99. The third-order valence-electron chi connectivity index (χ3n) is 3.90. The van der Waals surface area contributed by atoms with Crippen LogP contribution in [0, 0.1) is 0 Å². The molecule has 0 saturated carbocycles. The largest absolute Gasteiger partial charge is 0.459 e. The monoisotopic (exact) mass is 278 g/mol. The first-order valence-corrected chi connectivity index (χ1v) is 7.13. The van der Waals surface area contributed by atoms with E-state index in [-0.39, 0.29) is 23.9 Å². The fraction of sp³-hybridized carbons (Fsp3) is 0.600. The Kier molecular flexibility index (Phi) is 4.47. The van der Waals surface area contributed by atoms with Gasteiger partial charge in [0.1, 0.15) is 6.04 Å². The SMILES string of the molecule is CC(C)N(C)C(=O)C1CCCCN1C(=O)c1ccco1. The van der Waals surface area contributed by atoms with Gasteiger partial charge >= 0.3 is 0 Å². The maximum absolute atomic E-state index is 12.5. The van der Waals surface area contributed by atoms with Gasteiger partial charge in [-0.05, 0) is 45.2 Å². The van der Waals surface area contributed by atoms with Crippen LogP contribution in [0.4, 0.5) is 0 Å². The number of piperidine rings is 1. The molecular weight excluding hydrogens is 256 g/mol. The molecule has 0 N–H and O–H groups in total. The van der Waals surface area contributed by atoms with Gasteiger partial charge in [-0.25, -0.2) is 0 Å². The molecule has 0 bridgehead atoms. The van der Waals surface area contributed by atoms with E-state index in [0.717, 1.165) is 19.3 Å². The Bertz CT molecular complexity index is 467. The molecule has 1 unspecified atom stereocenters. The molecule has 20 heavy (non-hydrogen) atoms. The van der Waals surface area contributed by atoms with Crippen LogP contribution in [-0.4, -0.2) is 47.3 Å². The van der Waals surface area contributed by atoms with Crippen molar-refractivity contribution in [2.75, 3.05) is 13.6 Å². The summed E-state index contributed by atoms with van der Waals surface area (Å²) in [4.78, 5) is 28.3. The van der Waals surface area contributed by atoms with Gasteiger partial charge in [-0.1, -0.05) is 0 Å². The predicted molar refractivity (Wildman–Crippen MR) is 75.3 cm³/mol. The summed E-state index contributed by atoms with van der Waals surface area (Å²) in [5.74, 6) is 0.127. The van der Waals surface area contributed by atoms with E-state index in [4.69, 9.17) is 4.42 Å². The van der Waals surface area contributed by atoms with Gasteiger partial charge in [-0.2, -0.15) is 0 Å². The van der Waals surface area contributed by atoms with Gasteiger partial charge in [0, 0.05) is 19.6 Å². The summed E-state index contributed by atoms with van der Waals surface area (Å²) in [5, 5.41) is 0. The second-order valence-corrected chi connectivity index (χ2v) is 5.53. The molecule has 2 heterocycles. The standard InChI is InChI=1S/C15H22N2O3/c1-11(2)16(3)14(18)12-7-4-5-9-17(12)15(19)13-8-6-10-20-13/h6,8,10-12H,4-5,7,9H2,1-3H3. The van der Waals surface area contributed by atoms with Gasteiger partial charge in [-0.3, -0.25) is 9.59 Å². The Morgan fingerprint density at radius 3 is 2.75 bits per heavy atom. The van der Waals surface area contributed by atoms with Crippen LogP contribution in [0.1, 0.15) is 43.7 Å². The zero-order chi connectivity index (χ0) is 14.7. The summed E-state index contributed by atoms with van der Waals surface area (Å²) >= 11 is 0. The van der Waals surface area contributed by atoms with Crippen molar-refractivity contribution in [1.29, 1.82) is 0 Å². The van der Waals surface area contributed by atoms with Gasteiger partial charge in [-0.15, -0.1) is 0 Å². The molecule has 0 aliphatic carbocycles. The van der Waals surface area contributed by atoms with Crippen LogP contribution in [0.5, 0.6) is 0 Å². The molecule has 1 aromatic heterocycles. The van der Waals surface area contributed by atoms with E-state index in [1.165, 1.54) is 6.26 Å². The van der Waals surface area contributed by atoms with Crippen LogP contribution in [0.2, 0.25) is 0 Å². The van der Waals surface area contributed by atoms with Crippen LogP contribution >= 0.6 is 0 Å². The van der Waals surface area contributed by atoms with E-state index < -0.39 is 0 Å². The summed E-state index contributed by atoms with van der Waals surface area (Å²) in [6.07, 6.45) is 4.11. The Balaban J connectivity index is 2.17. The lowest BCUT2D eigenvalue weighted by Crippen LogP contribution is -2.53. The van der Waals surface area contributed by atoms with Gasteiger partial charge < -0.3 is 14.2 Å². The highest BCUT2D eigenvalue weighted by Crippen LogP contribution is 2.22. The zero-order valence-electron chi connectivity index (χ0n) is 12.3. The Morgan fingerprint density at radius 2 is 2.15 bits per heavy atom. The van der Waals surface area contributed by atoms with Crippen molar-refractivity contribution < 1.29 is 14.0 Å². The molecule has 1 aliphatic heterocycles. The number of hydrogen-bond donors (Lipinski definition) is 0. The molecule has 110 valence electrons. The Labute approximate surface area is 119 Å². The van der Waals surface area contributed by atoms with E-state index in [2.05, 4.69) is 0 Å². The molecule has 2 amide bonds. The van der Waals surface area contributed by atoms with Gasteiger partial charge in [0.2, 0.25) is 5.91 Å². The molecule has 0 aromatic carbocycles. The first-order chi connectivity index (χ1) is 9.52. The molecular formula is C15H22N2O3. The average molecular weight is 278 g/mol. The highest BCUT2D eigenvalue weighted by Gasteiger charge is 2.35. The van der Waals surface area contributed by atoms with E-state index in [1.807, 2.05) is 13.8 Å². The quantitative estimate of drug-likeness (QED) is 0.851. The number of furan rings is 1. The van der Waals surface area contributed by atoms with Gasteiger partial charge in [0.15, 0.2) is 5.76 Å². The Morgan fingerprint density at radius 1 is 1.40 bits per heavy atom. The number of carbonyl (C=O) groups excluding carboxylic acids is 2. The smallest absolute Gasteiger partial charge is 0.290 e. The third-order valence-corrected chi connectivity index (χ3v) is 3.90. The van der Waals surface area contributed by atoms with Crippen molar-refractivity contribution in [2.45, 2.75) is 45.2 Å². The van der Waals surface area contributed by atoms with Crippen LogP contribution in [0.15, 0.2) is 22.8 Å². The molecule has 1 aromatic rings. The highest BCUT2D eigenvalue weighted by atomic mass is 16.3. The molecule has 1 atom stereocenters. The van der Waals surface area contributed by atoms with Crippen molar-refractivity contribution >= 4 is 11.8 Å². The van der Waals surface area contributed by atoms with Crippen LogP contribution in [0.25, 0.3) is 0 Å². The highest BCUT2D eigenvalue weighted by molar-refractivity contribution is 5.95. The van der Waals surface area contributed by atoms with E-state index in [1.54, 1.807) is 29.0 Å². The molecule has 0 radical (unpaired) electrons. The number of likely N-dealkylation sites (tertiary alicyclic amines) is 1. The number of hydrogen-bond acceptors (Lipinski definition) is 3. The first kappa shape index (κ1) is 14.6. The molecule has 1 saturated heterocycles. The van der Waals surface area contributed by atoms with Crippen molar-refractivity contribution in [3.8, 4) is 0 Å². The van der Waals surface area contributed by atoms with Crippen molar-refractivity contribution in [3.63, 3.8) is 0 Å². The van der Waals surface area contributed by atoms with Crippen molar-refractivity contribution in [1.82, 2.24) is 9.80 Å². The summed E-state index contributed by atoms with van der Waals surface area (Å²) < 4.78 is 5.17. The number of nitrogens with zero attached hydrogens (tertiary/aromatic N) is 2. The van der Waals surface area contributed by atoms with E-state index in [0.29, 0.717) is 12.3 Å². The van der Waals surface area contributed by atoms with Crippen LogP contribution < -0.4 is 0 Å². The first-order valence-electron chi connectivity index (χ1n) is 7.13. The van der Waals surface area contributed by atoms with Gasteiger partial charge in [0.05, 0.1) is 6.26 Å². The maximum Gasteiger partial charge on any atom is 0.290 e. The molecule has 2 rings (SSSR count). The summed E-state index contributed by atoms with van der Waals surface area (Å²) in [6, 6.07) is 3.09. The minimum atomic E-state index is -0.367. The number of rotatable bonds is 3. The normalized spacial score (nSPS) is 19.2. The fourth-order valence-corrected chi connectivity index (χ4v) is 2.46. The summed E-state index contributed by atoms with van der Waals surface area (Å²) in [6.45, 7) is 4.56. The van der Waals surface area contributed by atoms with Crippen LogP contribution in [-0.2, 0) is 4.79 Å². The van der Waals surface area contributed by atoms with Crippen molar-refractivity contribution in [3.05, 3.63) is 24.2 Å². The number of likely N-dealkylation sites (N-methyl/N-ethyl adjacent to an activating group) is 1. The predicted octanol–water partition coefficient (Wildman–Crippen LogP) is 2.14. The molecule has 0 spiro atoms. The molecule has 5 heteroatoms. The molecule has 1 fully saturated rings. The van der Waals surface area contributed by atoms with Gasteiger partial charge in [0.25, 0.3) is 5.91 Å². The maximum atomic E-state index is 12.5. The lowest BCUT2D eigenvalue weighted by Gasteiger charge is -2.37. The fourth-order valence-electron chi connectivity index (χ4n) is 2.46. The van der Waals surface area contributed by atoms with E-state index >= 15 is 0 Å². The van der Waals surface area contributed by atoms with Crippen LogP contribution in [0.3, 0.4) is 0 Å². The second-order valence-electron chi connectivity index (χ2n) is 5.53. The zero-order valence-corrected chi connectivity index (χ0v) is 12.3. The lowest BCUT2D eigenvalue weighted by atomic mass is 10.00. The third kappa shape index (κ3) is 2.86. The summed E-state index contributed by atoms with van der Waals surface area (Å²) in [7, 11) is 1.79. The topological polar surface area (TPSA) is 53.8 Å². The minimum absolute atomic E-state index is 0.0135. The minimum Gasteiger partial charge on any atom is -0.459 e. The van der Waals surface area contributed by atoms with Crippen molar-refractivity contribution in [2.24, 2.45) is 0 Å². The second kappa shape index (κ2) is 6.11. The molecule has 5 nitrogen and oxygen atoms in total. The van der Waals surface area contributed by atoms with E-state index in [9.17, 15) is 9.59 Å². The Hall–Kier alpha value is -1.78. The molecule has 1 aliphatic rings. The lowest BCUT2D eigenvalue weighted by molar-refractivity contribution is -0.137. The number of amides is 2. The number of carbonyl (C=O) groups is 2. The summed E-state index contributed by atoms with van der Waals surface area (Å²) in [5.41, 5.74) is 0.